The maximum Gasteiger partial charge on any atom is 0.330 e. The van der Waals surface area contributed by atoms with Crippen LogP contribution in [-0.2, 0) is 9.53 Å². The van der Waals surface area contributed by atoms with Gasteiger partial charge in [0.25, 0.3) is 0 Å². The van der Waals surface area contributed by atoms with Crippen LogP contribution in [0.25, 0.3) is 6.08 Å². The summed E-state index contributed by atoms with van der Waals surface area (Å²) >= 11 is 0. The van der Waals surface area contributed by atoms with E-state index in [1.807, 2.05) is 6.92 Å². The highest BCUT2D eigenvalue weighted by Crippen LogP contribution is 2.02. The number of nitrogens with one attached hydrogen (secondary N) is 1. The maximum atomic E-state index is 10.9. The van der Waals surface area contributed by atoms with E-state index in [9.17, 15) is 4.79 Å². The first-order valence-electron chi connectivity index (χ1n) is 4.09. The van der Waals surface area contributed by atoms with E-state index < -0.39 is 0 Å². The largest absolute Gasteiger partial charge is 0.463 e. The van der Waals surface area contributed by atoms with Gasteiger partial charge in [0.1, 0.15) is 0 Å². The van der Waals surface area contributed by atoms with E-state index in [1.165, 1.54) is 6.08 Å². The summed E-state index contributed by atoms with van der Waals surface area (Å²) in [5, 5.41) is 0. The second kappa shape index (κ2) is 4.45. The van der Waals surface area contributed by atoms with Gasteiger partial charge in [0.15, 0.2) is 0 Å². The van der Waals surface area contributed by atoms with Crippen molar-refractivity contribution in [3.63, 3.8) is 0 Å². The monoisotopic (exact) mass is 180 g/mol. The Bertz CT molecular complexity index is 315. The Kier molecular flexibility index (Phi) is 3.25. The van der Waals surface area contributed by atoms with Crippen LogP contribution in [-0.4, -0.2) is 22.5 Å². The number of H-pyrrole nitrogens is 1. The predicted octanol–water partition coefficient (Wildman–Crippen LogP) is 1.29. The summed E-state index contributed by atoms with van der Waals surface area (Å²) in [5.74, 6) is -0.343. The van der Waals surface area contributed by atoms with Crippen molar-refractivity contribution in [2.24, 2.45) is 0 Å². The van der Waals surface area contributed by atoms with Crippen molar-refractivity contribution in [3.8, 4) is 0 Å². The zero-order valence-corrected chi connectivity index (χ0v) is 7.70. The number of imidazole rings is 1. The molecule has 4 nitrogen and oxygen atoms in total. The Balaban J connectivity index is 2.58. The molecular weight excluding hydrogens is 168 g/mol. The molecule has 70 valence electrons. The highest BCUT2D eigenvalue weighted by molar-refractivity contribution is 5.86. The van der Waals surface area contributed by atoms with Gasteiger partial charge in [-0.05, 0) is 19.9 Å². The van der Waals surface area contributed by atoms with Crippen LogP contribution in [0.5, 0.6) is 0 Å². The first-order valence-corrected chi connectivity index (χ1v) is 4.09. The number of hydrogen-bond donors (Lipinski definition) is 1. The molecule has 13 heavy (non-hydrogen) atoms. The molecule has 1 rings (SSSR count). The fourth-order valence-corrected chi connectivity index (χ4v) is 0.875. The van der Waals surface area contributed by atoms with Gasteiger partial charge in [-0.25, -0.2) is 9.78 Å². The Morgan fingerprint density at radius 2 is 2.54 bits per heavy atom. The minimum absolute atomic E-state index is 0.343. The fraction of sp³-hybridized carbons (Fsp3) is 0.333. The third-order valence-corrected chi connectivity index (χ3v) is 1.53. The van der Waals surface area contributed by atoms with Gasteiger partial charge < -0.3 is 9.72 Å². The second-order valence-electron chi connectivity index (χ2n) is 2.50. The summed E-state index contributed by atoms with van der Waals surface area (Å²) in [7, 11) is 0. The molecule has 0 bridgehead atoms. The Morgan fingerprint density at radius 3 is 3.08 bits per heavy atom. The first kappa shape index (κ1) is 9.51. The fourth-order valence-electron chi connectivity index (χ4n) is 0.875. The van der Waals surface area contributed by atoms with E-state index in [4.69, 9.17) is 4.74 Å². The Hall–Kier alpha value is -1.58. The smallest absolute Gasteiger partial charge is 0.330 e. The molecule has 1 aromatic rings. The number of aromatic amines is 1. The quantitative estimate of drug-likeness (QED) is 0.563. The summed E-state index contributed by atoms with van der Waals surface area (Å²) in [5.41, 5.74) is 1.69. The van der Waals surface area contributed by atoms with E-state index in [2.05, 4.69) is 9.97 Å². The van der Waals surface area contributed by atoms with Crippen molar-refractivity contribution in [1.29, 1.82) is 0 Å². The number of carbonyl (C=O) groups is 1. The molecule has 0 fully saturated rings. The first-order chi connectivity index (χ1) is 6.24. The Morgan fingerprint density at radius 1 is 1.77 bits per heavy atom. The summed E-state index contributed by atoms with van der Waals surface area (Å²) in [6.45, 7) is 4.05. The molecule has 0 aliphatic heterocycles. The number of rotatable bonds is 3. The van der Waals surface area contributed by atoms with Gasteiger partial charge in [0.05, 0.1) is 18.6 Å². The lowest BCUT2D eigenvalue weighted by Gasteiger charge is -1.93. The van der Waals surface area contributed by atoms with Gasteiger partial charge >= 0.3 is 5.97 Å². The normalized spacial score (nSPS) is 10.6. The molecule has 1 N–H and O–H groups in total. The van der Waals surface area contributed by atoms with Crippen LogP contribution in [0, 0.1) is 6.92 Å². The molecule has 4 heteroatoms. The molecule has 0 unspecified atom stereocenters. The van der Waals surface area contributed by atoms with Crippen LogP contribution in [0.2, 0.25) is 0 Å². The van der Waals surface area contributed by atoms with Gasteiger partial charge in [0.2, 0.25) is 0 Å². The molecule has 1 heterocycles. The van der Waals surface area contributed by atoms with Crippen LogP contribution >= 0.6 is 0 Å². The van der Waals surface area contributed by atoms with Gasteiger partial charge in [-0.1, -0.05) is 0 Å². The minimum atomic E-state index is -0.343. The van der Waals surface area contributed by atoms with Crippen molar-refractivity contribution >= 4 is 12.0 Å². The molecule has 0 aromatic carbocycles. The molecule has 0 saturated heterocycles. The maximum absolute atomic E-state index is 10.9. The van der Waals surface area contributed by atoms with E-state index in [-0.39, 0.29) is 5.97 Å². The molecule has 1 aromatic heterocycles. The average Bonchev–Trinajstić information content (AvgIpc) is 2.48. The summed E-state index contributed by atoms with van der Waals surface area (Å²) in [4.78, 5) is 17.8. The average molecular weight is 180 g/mol. The molecule has 0 atom stereocenters. The van der Waals surface area contributed by atoms with Crippen molar-refractivity contribution < 1.29 is 9.53 Å². The molecular formula is C9H12N2O2. The summed E-state index contributed by atoms with van der Waals surface area (Å²) < 4.78 is 4.72. The van der Waals surface area contributed by atoms with E-state index >= 15 is 0 Å². The number of ether oxygens (including phenoxy) is 1. The minimum Gasteiger partial charge on any atom is -0.463 e. The van der Waals surface area contributed by atoms with Gasteiger partial charge in [-0.3, -0.25) is 0 Å². The molecule has 0 aliphatic rings. The van der Waals surface area contributed by atoms with Gasteiger partial charge in [-0.2, -0.15) is 0 Å². The molecule has 0 aliphatic carbocycles. The van der Waals surface area contributed by atoms with E-state index in [0.717, 1.165) is 11.4 Å². The standard InChI is InChI=1S/C9H12N2O2/c1-3-13-9(12)5-4-8-7(2)10-6-11-8/h4-6H,3H2,1-2H3,(H,10,11). The number of nitrogens with zero attached hydrogens (tertiary/aromatic N) is 1. The van der Waals surface area contributed by atoms with Crippen LogP contribution in [0.4, 0.5) is 0 Å². The number of carbonyl (C=O) groups excluding carboxylic acids is 1. The second-order valence-corrected chi connectivity index (χ2v) is 2.50. The number of hydrogen-bond acceptors (Lipinski definition) is 3. The number of esters is 1. The molecule has 0 amide bonds. The van der Waals surface area contributed by atoms with Crippen molar-refractivity contribution in [3.05, 3.63) is 23.8 Å². The van der Waals surface area contributed by atoms with Crippen molar-refractivity contribution in [1.82, 2.24) is 9.97 Å². The predicted molar refractivity (Wildman–Crippen MR) is 49.0 cm³/mol. The zero-order chi connectivity index (χ0) is 9.68. The molecule has 0 spiro atoms. The lowest BCUT2D eigenvalue weighted by molar-refractivity contribution is -0.137. The van der Waals surface area contributed by atoms with Crippen LogP contribution < -0.4 is 0 Å². The van der Waals surface area contributed by atoms with Crippen LogP contribution in [0.15, 0.2) is 12.4 Å². The Labute approximate surface area is 76.6 Å². The molecule has 0 saturated carbocycles. The number of aryl methyl sites for hydroxylation is 1. The lowest BCUT2D eigenvalue weighted by Crippen LogP contribution is -1.98. The van der Waals surface area contributed by atoms with Gasteiger partial charge in [-0.15, -0.1) is 0 Å². The third kappa shape index (κ3) is 2.74. The molecule has 0 radical (unpaired) electrons. The SMILES string of the molecule is CCOC(=O)C=Cc1nc[nH]c1C. The number of aromatic nitrogens is 2. The lowest BCUT2D eigenvalue weighted by atomic mass is 10.3. The van der Waals surface area contributed by atoms with Crippen molar-refractivity contribution in [2.45, 2.75) is 13.8 Å². The van der Waals surface area contributed by atoms with E-state index in [1.54, 1.807) is 19.3 Å². The van der Waals surface area contributed by atoms with Gasteiger partial charge in [0, 0.05) is 11.8 Å². The highest BCUT2D eigenvalue weighted by atomic mass is 16.5. The van der Waals surface area contributed by atoms with E-state index in [0.29, 0.717) is 6.61 Å². The van der Waals surface area contributed by atoms with Crippen molar-refractivity contribution in [2.75, 3.05) is 6.61 Å². The summed E-state index contributed by atoms with van der Waals surface area (Å²) in [6, 6.07) is 0. The topological polar surface area (TPSA) is 55.0 Å². The third-order valence-electron chi connectivity index (χ3n) is 1.53. The van der Waals surface area contributed by atoms with Crippen LogP contribution in [0.3, 0.4) is 0 Å². The van der Waals surface area contributed by atoms with Crippen LogP contribution in [0.1, 0.15) is 18.3 Å². The summed E-state index contributed by atoms with van der Waals surface area (Å²) in [6.07, 6.45) is 4.58. The zero-order valence-electron chi connectivity index (χ0n) is 7.70. The highest BCUT2D eigenvalue weighted by Gasteiger charge is 1.97.